The fourth-order valence-electron chi connectivity index (χ4n) is 3.74. The topological polar surface area (TPSA) is 74.6 Å². The smallest absolute Gasteiger partial charge is 0.229 e. The van der Waals surface area contributed by atoms with Crippen LogP contribution in [-0.2, 0) is 23.1 Å². The Bertz CT molecular complexity index is 1020. The lowest BCUT2D eigenvalue weighted by Crippen LogP contribution is -2.30. The molecule has 4 rings (SSSR count). The van der Waals surface area contributed by atoms with Crippen molar-refractivity contribution in [3.05, 3.63) is 60.3 Å². The van der Waals surface area contributed by atoms with E-state index in [4.69, 9.17) is 0 Å². The van der Waals surface area contributed by atoms with Gasteiger partial charge in [0, 0.05) is 43.7 Å². The van der Waals surface area contributed by atoms with E-state index in [0.29, 0.717) is 19.5 Å². The van der Waals surface area contributed by atoms with Gasteiger partial charge in [-0.15, -0.1) is 0 Å². The summed E-state index contributed by atoms with van der Waals surface area (Å²) < 4.78 is 2.01. The highest BCUT2D eigenvalue weighted by molar-refractivity contribution is 6.03. The van der Waals surface area contributed by atoms with Crippen LogP contribution in [0.3, 0.4) is 0 Å². The molecule has 2 aromatic carbocycles. The molecule has 6 nitrogen and oxygen atoms in total. The largest absolute Gasteiger partial charge is 0.508 e. The third kappa shape index (κ3) is 3.58. The number of hydrogen-bond acceptors (Lipinski definition) is 3. The molecule has 3 aromatic rings. The number of rotatable bonds is 5. The summed E-state index contributed by atoms with van der Waals surface area (Å²) >= 11 is 0. The van der Waals surface area contributed by atoms with Crippen molar-refractivity contribution >= 4 is 28.4 Å². The first kappa shape index (κ1) is 18.1. The zero-order valence-corrected chi connectivity index (χ0v) is 15.8. The lowest BCUT2D eigenvalue weighted by molar-refractivity contribution is -0.128. The van der Waals surface area contributed by atoms with E-state index in [9.17, 15) is 14.7 Å². The van der Waals surface area contributed by atoms with Crippen molar-refractivity contribution in [2.24, 2.45) is 13.0 Å². The quantitative estimate of drug-likeness (QED) is 0.718. The minimum atomic E-state index is -0.341. The monoisotopic (exact) mass is 377 g/mol. The van der Waals surface area contributed by atoms with Gasteiger partial charge >= 0.3 is 0 Å². The predicted octanol–water partition coefficient (Wildman–Crippen LogP) is 2.91. The molecule has 2 amide bonds. The molecule has 1 saturated heterocycles. The van der Waals surface area contributed by atoms with Gasteiger partial charge in [0.05, 0.1) is 11.6 Å². The molecule has 1 fully saturated rings. The van der Waals surface area contributed by atoms with Crippen LogP contribution in [-0.4, -0.2) is 39.5 Å². The molecule has 0 spiro atoms. The van der Waals surface area contributed by atoms with E-state index in [1.807, 2.05) is 54.2 Å². The number of phenolic OH excluding ortho intramolecular Hbond substituents is 1. The van der Waals surface area contributed by atoms with Crippen molar-refractivity contribution in [1.82, 2.24) is 9.47 Å². The molecule has 1 aliphatic rings. The second-order valence-electron chi connectivity index (χ2n) is 7.31. The van der Waals surface area contributed by atoms with E-state index in [1.54, 1.807) is 17.0 Å². The zero-order valence-electron chi connectivity index (χ0n) is 15.8. The fourth-order valence-corrected chi connectivity index (χ4v) is 3.74. The average molecular weight is 377 g/mol. The summed E-state index contributed by atoms with van der Waals surface area (Å²) in [6.45, 7) is 1.01. The SMILES string of the molecule is Cn1ccc2c(NC(=O)[C@H]3CC(=O)N(CCc4ccc(O)cc4)C3)cccc21. The van der Waals surface area contributed by atoms with Gasteiger partial charge in [-0.25, -0.2) is 0 Å². The molecule has 2 N–H and O–H groups in total. The van der Waals surface area contributed by atoms with Gasteiger partial charge in [-0.2, -0.15) is 0 Å². The Hall–Kier alpha value is -3.28. The van der Waals surface area contributed by atoms with Crippen molar-refractivity contribution in [3.8, 4) is 5.75 Å². The molecule has 0 bridgehead atoms. The molecule has 6 heteroatoms. The molecule has 1 aliphatic heterocycles. The van der Waals surface area contributed by atoms with Gasteiger partial charge in [0.2, 0.25) is 11.8 Å². The molecular weight excluding hydrogens is 354 g/mol. The third-order valence-corrected chi connectivity index (χ3v) is 5.38. The van der Waals surface area contributed by atoms with Crippen LogP contribution >= 0.6 is 0 Å². The van der Waals surface area contributed by atoms with Gasteiger partial charge in [-0.3, -0.25) is 9.59 Å². The Morgan fingerprint density at radius 2 is 1.96 bits per heavy atom. The molecule has 1 atom stereocenters. The number of carbonyl (C=O) groups is 2. The van der Waals surface area contributed by atoms with Crippen molar-refractivity contribution in [3.63, 3.8) is 0 Å². The van der Waals surface area contributed by atoms with Gasteiger partial charge in [0.15, 0.2) is 0 Å². The maximum atomic E-state index is 12.7. The Balaban J connectivity index is 1.39. The van der Waals surface area contributed by atoms with Crippen LogP contribution in [0.4, 0.5) is 5.69 Å². The molecule has 0 aliphatic carbocycles. The Morgan fingerprint density at radius 3 is 2.75 bits per heavy atom. The van der Waals surface area contributed by atoms with Crippen LogP contribution in [0.2, 0.25) is 0 Å². The molecule has 144 valence electrons. The maximum Gasteiger partial charge on any atom is 0.229 e. The summed E-state index contributed by atoms with van der Waals surface area (Å²) in [4.78, 5) is 26.8. The number of likely N-dealkylation sites (tertiary alicyclic amines) is 1. The van der Waals surface area contributed by atoms with E-state index in [0.717, 1.165) is 22.2 Å². The van der Waals surface area contributed by atoms with Crippen molar-refractivity contribution in [2.45, 2.75) is 12.8 Å². The average Bonchev–Trinajstić information content (AvgIpc) is 3.25. The van der Waals surface area contributed by atoms with Gasteiger partial charge in [0.25, 0.3) is 0 Å². The van der Waals surface area contributed by atoms with E-state index in [-0.39, 0.29) is 29.9 Å². The molecule has 1 aromatic heterocycles. The number of phenols is 1. The van der Waals surface area contributed by atoms with Gasteiger partial charge in [-0.05, 0) is 42.3 Å². The van der Waals surface area contributed by atoms with Crippen LogP contribution in [0.5, 0.6) is 5.75 Å². The number of amides is 2. The van der Waals surface area contributed by atoms with E-state index >= 15 is 0 Å². The maximum absolute atomic E-state index is 12.7. The van der Waals surface area contributed by atoms with Crippen LogP contribution in [0.25, 0.3) is 10.9 Å². The molecule has 2 heterocycles. The summed E-state index contributed by atoms with van der Waals surface area (Å²) in [6, 6.07) is 14.8. The summed E-state index contributed by atoms with van der Waals surface area (Å²) in [5.74, 6) is -0.217. The van der Waals surface area contributed by atoms with Gasteiger partial charge in [0.1, 0.15) is 5.75 Å². The number of nitrogens with zero attached hydrogens (tertiary/aromatic N) is 2. The lowest BCUT2D eigenvalue weighted by Gasteiger charge is -2.17. The highest BCUT2D eigenvalue weighted by Crippen LogP contribution is 2.26. The molecular formula is C22H23N3O3. The number of nitrogens with one attached hydrogen (secondary N) is 1. The number of carbonyl (C=O) groups excluding carboxylic acids is 2. The van der Waals surface area contributed by atoms with E-state index in [2.05, 4.69) is 5.32 Å². The number of hydrogen-bond donors (Lipinski definition) is 2. The minimum absolute atomic E-state index is 0.0110. The van der Waals surface area contributed by atoms with Crippen LogP contribution < -0.4 is 5.32 Å². The zero-order chi connectivity index (χ0) is 19.7. The number of aromatic hydroxyl groups is 1. The molecule has 0 radical (unpaired) electrons. The summed E-state index contributed by atoms with van der Waals surface area (Å²) in [5.41, 5.74) is 2.88. The number of benzene rings is 2. The Morgan fingerprint density at radius 1 is 1.18 bits per heavy atom. The lowest BCUT2D eigenvalue weighted by atomic mass is 10.1. The first-order chi connectivity index (χ1) is 13.5. The highest BCUT2D eigenvalue weighted by Gasteiger charge is 2.34. The molecule has 0 unspecified atom stereocenters. The number of fused-ring (bicyclic) bond motifs is 1. The summed E-state index contributed by atoms with van der Waals surface area (Å²) in [6.07, 6.45) is 2.90. The number of aromatic nitrogens is 1. The molecule has 28 heavy (non-hydrogen) atoms. The van der Waals surface area contributed by atoms with Crippen LogP contribution in [0, 0.1) is 5.92 Å². The molecule has 0 saturated carbocycles. The third-order valence-electron chi connectivity index (χ3n) is 5.38. The minimum Gasteiger partial charge on any atom is -0.508 e. The van der Waals surface area contributed by atoms with Crippen molar-refractivity contribution in [1.29, 1.82) is 0 Å². The Kier molecular flexibility index (Phi) is 4.77. The van der Waals surface area contributed by atoms with Gasteiger partial charge < -0.3 is 19.9 Å². The van der Waals surface area contributed by atoms with Crippen LogP contribution in [0.15, 0.2) is 54.7 Å². The summed E-state index contributed by atoms with van der Waals surface area (Å²) in [5, 5.41) is 13.3. The first-order valence-electron chi connectivity index (χ1n) is 9.42. The standard InChI is InChI=1S/C22H23N3O3/c1-24-11-10-18-19(3-2-4-20(18)24)23-22(28)16-13-21(27)25(14-16)12-9-15-5-7-17(26)8-6-15/h2-8,10-11,16,26H,9,12-14H2,1H3,(H,23,28)/t16-/m0/s1. The second-order valence-corrected chi connectivity index (χ2v) is 7.31. The predicted molar refractivity (Wildman–Crippen MR) is 108 cm³/mol. The normalized spacial score (nSPS) is 16.7. The second kappa shape index (κ2) is 7.38. The highest BCUT2D eigenvalue weighted by atomic mass is 16.3. The number of anilines is 1. The Labute approximate surface area is 163 Å². The summed E-state index contributed by atoms with van der Waals surface area (Å²) in [7, 11) is 1.97. The number of aryl methyl sites for hydroxylation is 1. The van der Waals surface area contributed by atoms with Crippen LogP contribution in [0.1, 0.15) is 12.0 Å². The fraction of sp³-hybridized carbons (Fsp3) is 0.273. The van der Waals surface area contributed by atoms with E-state index in [1.165, 1.54) is 0 Å². The van der Waals surface area contributed by atoms with Gasteiger partial charge in [-0.1, -0.05) is 18.2 Å². The van der Waals surface area contributed by atoms with Crippen molar-refractivity contribution in [2.75, 3.05) is 18.4 Å². The van der Waals surface area contributed by atoms with Crippen molar-refractivity contribution < 1.29 is 14.7 Å². The first-order valence-corrected chi connectivity index (χ1v) is 9.42. The van der Waals surface area contributed by atoms with E-state index < -0.39 is 0 Å².